The van der Waals surface area contributed by atoms with Crippen LogP contribution in [0.15, 0.2) is 48.6 Å². The highest BCUT2D eigenvalue weighted by Crippen LogP contribution is 2.18. The van der Waals surface area contributed by atoms with Gasteiger partial charge in [0, 0.05) is 12.8 Å². The second-order valence-electron chi connectivity index (χ2n) is 20.4. The van der Waals surface area contributed by atoms with Gasteiger partial charge in [-0.25, -0.2) is 0 Å². The molecule has 1 N–H and O–H groups in total. The van der Waals surface area contributed by atoms with Crippen molar-refractivity contribution in [3.63, 3.8) is 0 Å². The fraction of sp³-hybridized carbons (Fsp3) is 0.841. The molecule has 0 saturated carbocycles. The van der Waals surface area contributed by atoms with E-state index in [4.69, 9.17) is 9.47 Å². The average Bonchev–Trinajstić information content (AvgIpc) is 3.34. The van der Waals surface area contributed by atoms with Gasteiger partial charge in [-0.05, 0) is 51.4 Å². The number of allylic oxidation sites excluding steroid dienone is 8. The van der Waals surface area contributed by atoms with E-state index in [9.17, 15) is 14.7 Å². The summed E-state index contributed by atoms with van der Waals surface area (Å²) in [5.74, 6) is -0.580. The van der Waals surface area contributed by atoms with Gasteiger partial charge in [-0.1, -0.05) is 306 Å². The Morgan fingerprint density at radius 3 is 0.956 bits per heavy atom. The highest BCUT2D eigenvalue weighted by Gasteiger charge is 2.16. The van der Waals surface area contributed by atoms with Gasteiger partial charge in [0.05, 0.1) is 6.61 Å². The van der Waals surface area contributed by atoms with Gasteiger partial charge in [0.2, 0.25) is 0 Å². The number of unbranched alkanes of at least 4 members (excludes halogenated alkanes) is 40. The minimum absolute atomic E-state index is 0.0644. The zero-order valence-electron chi connectivity index (χ0n) is 45.6. The largest absolute Gasteiger partial charge is 0.462 e. The van der Waals surface area contributed by atoms with Gasteiger partial charge in [-0.15, -0.1) is 0 Å². The van der Waals surface area contributed by atoms with Crippen molar-refractivity contribution >= 4 is 11.9 Å². The highest BCUT2D eigenvalue weighted by molar-refractivity contribution is 5.70. The molecule has 0 spiro atoms. The predicted molar refractivity (Wildman–Crippen MR) is 297 cm³/mol. The molecule has 398 valence electrons. The molecular weight excluding hydrogens is 837 g/mol. The summed E-state index contributed by atoms with van der Waals surface area (Å²) in [4.78, 5) is 24.6. The molecule has 0 rings (SSSR count). The Balaban J connectivity index is 3.42. The summed E-state index contributed by atoms with van der Waals surface area (Å²) in [6.45, 7) is 4.07. The monoisotopic (exact) mass is 953 g/mol. The fourth-order valence-electron chi connectivity index (χ4n) is 9.14. The standard InChI is InChI=1S/C63H116O5/c1-3-5-7-9-11-13-15-17-19-21-23-25-27-28-29-30-31-32-33-34-36-37-39-41-43-45-47-49-51-53-55-57-62(65)67-60-61(59-64)68-63(66)58-56-54-52-50-48-46-44-42-40-38-35-26-24-22-20-18-16-14-12-10-8-6-4-2/h6,8,12,14,18,20,24,26,61,64H,3-5,7,9-11,13,15-17,19,21-23,25,27-60H2,1-2H3/b8-6-,14-12-,20-18-,26-24-. The van der Waals surface area contributed by atoms with Crippen molar-refractivity contribution in [3.05, 3.63) is 48.6 Å². The van der Waals surface area contributed by atoms with Crippen LogP contribution in [0, 0.1) is 0 Å². The van der Waals surface area contributed by atoms with Crippen molar-refractivity contribution in [3.8, 4) is 0 Å². The minimum atomic E-state index is -0.774. The number of aliphatic hydroxyl groups excluding tert-OH is 1. The number of ether oxygens (including phenoxy) is 2. The third kappa shape index (κ3) is 56.4. The van der Waals surface area contributed by atoms with Crippen molar-refractivity contribution in [2.45, 2.75) is 328 Å². The highest BCUT2D eigenvalue weighted by atomic mass is 16.6. The Morgan fingerprint density at radius 2 is 0.632 bits per heavy atom. The lowest BCUT2D eigenvalue weighted by Gasteiger charge is -2.15. The normalized spacial score (nSPS) is 12.5. The second kappa shape index (κ2) is 59.2. The molecule has 0 aliphatic rings. The summed E-state index contributed by atoms with van der Waals surface area (Å²) >= 11 is 0. The number of esters is 2. The third-order valence-electron chi connectivity index (χ3n) is 13.6. The Morgan fingerprint density at radius 1 is 0.353 bits per heavy atom. The lowest BCUT2D eigenvalue weighted by molar-refractivity contribution is -0.161. The van der Waals surface area contributed by atoms with E-state index in [0.717, 1.165) is 64.2 Å². The Kier molecular flexibility index (Phi) is 57.3. The van der Waals surface area contributed by atoms with Gasteiger partial charge in [0.15, 0.2) is 6.10 Å². The first kappa shape index (κ1) is 65.9. The number of hydrogen-bond acceptors (Lipinski definition) is 5. The Bertz CT molecular complexity index is 1120. The molecule has 0 amide bonds. The maximum absolute atomic E-state index is 12.3. The summed E-state index contributed by atoms with van der Waals surface area (Å²) < 4.78 is 10.7. The van der Waals surface area contributed by atoms with Crippen molar-refractivity contribution < 1.29 is 24.2 Å². The molecule has 1 atom stereocenters. The Hall–Kier alpha value is -2.14. The molecule has 0 aliphatic carbocycles. The smallest absolute Gasteiger partial charge is 0.306 e. The fourth-order valence-corrected chi connectivity index (χ4v) is 9.14. The number of hydrogen-bond donors (Lipinski definition) is 1. The molecule has 0 aromatic heterocycles. The van der Waals surface area contributed by atoms with Crippen LogP contribution in [-0.4, -0.2) is 36.4 Å². The first-order chi connectivity index (χ1) is 33.6. The number of rotatable bonds is 56. The zero-order chi connectivity index (χ0) is 49.2. The molecule has 5 nitrogen and oxygen atoms in total. The molecule has 0 aliphatic heterocycles. The molecule has 0 radical (unpaired) electrons. The molecule has 1 unspecified atom stereocenters. The zero-order valence-corrected chi connectivity index (χ0v) is 45.6. The van der Waals surface area contributed by atoms with Crippen molar-refractivity contribution in [1.82, 2.24) is 0 Å². The van der Waals surface area contributed by atoms with Crippen LogP contribution in [0.4, 0.5) is 0 Å². The van der Waals surface area contributed by atoms with E-state index in [0.29, 0.717) is 12.8 Å². The lowest BCUT2D eigenvalue weighted by Crippen LogP contribution is -2.28. The molecule has 0 aromatic carbocycles. The molecule has 5 heteroatoms. The quantitative estimate of drug-likeness (QED) is 0.0374. The van der Waals surface area contributed by atoms with Gasteiger partial charge in [0.25, 0.3) is 0 Å². The summed E-state index contributed by atoms with van der Waals surface area (Å²) in [7, 11) is 0. The van der Waals surface area contributed by atoms with Crippen molar-refractivity contribution in [2.24, 2.45) is 0 Å². The van der Waals surface area contributed by atoms with E-state index in [1.54, 1.807) is 0 Å². The van der Waals surface area contributed by atoms with Crippen LogP contribution in [-0.2, 0) is 19.1 Å². The van der Waals surface area contributed by atoms with Crippen molar-refractivity contribution in [2.75, 3.05) is 13.2 Å². The average molecular weight is 954 g/mol. The molecule has 68 heavy (non-hydrogen) atoms. The van der Waals surface area contributed by atoms with Crippen LogP contribution in [0.3, 0.4) is 0 Å². The van der Waals surface area contributed by atoms with Gasteiger partial charge in [-0.3, -0.25) is 9.59 Å². The van der Waals surface area contributed by atoms with Crippen LogP contribution in [0.2, 0.25) is 0 Å². The predicted octanol–water partition coefficient (Wildman–Crippen LogP) is 20.4. The molecule has 0 heterocycles. The van der Waals surface area contributed by atoms with Crippen molar-refractivity contribution in [1.29, 1.82) is 0 Å². The topological polar surface area (TPSA) is 72.8 Å². The van der Waals surface area contributed by atoms with Crippen LogP contribution < -0.4 is 0 Å². The van der Waals surface area contributed by atoms with E-state index in [1.807, 2.05) is 0 Å². The van der Waals surface area contributed by atoms with E-state index >= 15 is 0 Å². The maximum atomic E-state index is 12.3. The molecule has 0 bridgehead atoms. The summed E-state index contributed by atoms with van der Waals surface area (Å²) in [6, 6.07) is 0. The Labute approximate surface area is 424 Å². The van der Waals surface area contributed by atoms with Gasteiger partial charge in [-0.2, -0.15) is 0 Å². The van der Waals surface area contributed by atoms with Crippen LogP contribution >= 0.6 is 0 Å². The van der Waals surface area contributed by atoms with E-state index in [1.165, 1.54) is 231 Å². The summed E-state index contributed by atoms with van der Waals surface area (Å²) in [5.41, 5.74) is 0. The van der Waals surface area contributed by atoms with E-state index in [-0.39, 0.29) is 25.2 Å². The third-order valence-corrected chi connectivity index (χ3v) is 13.6. The molecule has 0 aromatic rings. The van der Waals surface area contributed by atoms with Crippen LogP contribution in [0.1, 0.15) is 322 Å². The van der Waals surface area contributed by atoms with Crippen LogP contribution in [0.25, 0.3) is 0 Å². The number of carbonyl (C=O) groups excluding carboxylic acids is 2. The number of carbonyl (C=O) groups is 2. The number of aliphatic hydroxyl groups is 1. The molecular formula is C63H116O5. The lowest BCUT2D eigenvalue weighted by atomic mass is 10.0. The van der Waals surface area contributed by atoms with Gasteiger partial charge < -0.3 is 14.6 Å². The van der Waals surface area contributed by atoms with Crippen LogP contribution in [0.5, 0.6) is 0 Å². The summed E-state index contributed by atoms with van der Waals surface area (Å²) in [6.07, 6.45) is 78.2. The summed E-state index contributed by atoms with van der Waals surface area (Å²) in [5, 5.41) is 9.66. The maximum Gasteiger partial charge on any atom is 0.306 e. The first-order valence-corrected chi connectivity index (χ1v) is 30.2. The minimum Gasteiger partial charge on any atom is -0.462 e. The van der Waals surface area contributed by atoms with E-state index in [2.05, 4.69) is 62.5 Å². The molecule has 0 fully saturated rings. The van der Waals surface area contributed by atoms with Gasteiger partial charge >= 0.3 is 11.9 Å². The van der Waals surface area contributed by atoms with E-state index < -0.39 is 6.10 Å². The molecule has 0 saturated heterocycles. The first-order valence-electron chi connectivity index (χ1n) is 30.2. The SMILES string of the molecule is CC/C=C\C/C=C\C/C=C\C/C=C\CCCCCCCCCCCCC(=O)OC(CO)COC(=O)CCCCCCCCCCCCCCCCCCCCCCCCCCCCCCCCC. The second-order valence-corrected chi connectivity index (χ2v) is 20.4. The van der Waals surface area contributed by atoms with Gasteiger partial charge in [0.1, 0.15) is 6.61 Å².